The zero-order valence-corrected chi connectivity index (χ0v) is 20.2. The predicted octanol–water partition coefficient (Wildman–Crippen LogP) is 4.74. The van der Waals surface area contributed by atoms with Crippen LogP contribution in [-0.2, 0) is 21.4 Å². The number of hydrogen-bond donors (Lipinski definition) is 1. The van der Waals surface area contributed by atoms with Crippen LogP contribution in [0.4, 0.5) is 0 Å². The van der Waals surface area contributed by atoms with Crippen LogP contribution in [0.15, 0.2) is 54.6 Å². The van der Waals surface area contributed by atoms with Gasteiger partial charge in [0.25, 0.3) is 5.91 Å². The molecule has 174 valence electrons. The van der Waals surface area contributed by atoms with E-state index in [0.717, 1.165) is 12.0 Å². The van der Waals surface area contributed by atoms with E-state index in [-0.39, 0.29) is 23.8 Å². The molecule has 0 radical (unpaired) electrons. The van der Waals surface area contributed by atoms with Crippen molar-refractivity contribution in [1.29, 1.82) is 0 Å². The lowest BCUT2D eigenvalue weighted by atomic mass is 9.87. The molecule has 0 saturated carbocycles. The molecule has 0 saturated heterocycles. The molecule has 0 bridgehead atoms. The Morgan fingerprint density at radius 1 is 1.00 bits per heavy atom. The monoisotopic (exact) mass is 438 g/mol. The normalized spacial score (nSPS) is 12.2. The summed E-state index contributed by atoms with van der Waals surface area (Å²) in [5.41, 5.74) is 2.40. The number of nitrogens with one attached hydrogen (secondary N) is 1. The molecule has 0 aliphatic rings. The molecule has 32 heavy (non-hydrogen) atoms. The molecule has 0 fully saturated rings. The van der Waals surface area contributed by atoms with Crippen molar-refractivity contribution in [2.24, 2.45) is 0 Å². The molecule has 2 aromatic rings. The Labute approximate surface area is 193 Å². The summed E-state index contributed by atoms with van der Waals surface area (Å²) < 4.78 is 5.80. The first-order valence-corrected chi connectivity index (χ1v) is 11.6. The lowest BCUT2D eigenvalue weighted by Crippen LogP contribution is -2.51. The van der Waals surface area contributed by atoms with Crippen LogP contribution in [0.3, 0.4) is 0 Å². The highest BCUT2D eigenvalue weighted by atomic mass is 16.5. The summed E-state index contributed by atoms with van der Waals surface area (Å²) in [6.07, 6.45) is 2.09. The third-order valence-electron chi connectivity index (χ3n) is 5.50. The van der Waals surface area contributed by atoms with Crippen LogP contribution in [0.1, 0.15) is 58.6 Å². The SMILES string of the molecule is CCCNC(=O)[C@@H](CC)N(CCc1ccccc1)C(=O)COc1ccc(C(C)(C)C)cc1. The molecule has 1 N–H and O–H groups in total. The molecule has 2 amide bonds. The van der Waals surface area contributed by atoms with Gasteiger partial charge in [0.1, 0.15) is 11.8 Å². The third-order valence-corrected chi connectivity index (χ3v) is 5.50. The second kappa shape index (κ2) is 12.3. The maximum absolute atomic E-state index is 13.2. The van der Waals surface area contributed by atoms with Gasteiger partial charge in [-0.05, 0) is 47.9 Å². The van der Waals surface area contributed by atoms with Crippen molar-refractivity contribution >= 4 is 11.8 Å². The maximum Gasteiger partial charge on any atom is 0.261 e. The summed E-state index contributed by atoms with van der Waals surface area (Å²) in [6.45, 7) is 11.4. The molecular weight excluding hydrogens is 400 g/mol. The van der Waals surface area contributed by atoms with Gasteiger partial charge in [-0.2, -0.15) is 0 Å². The highest BCUT2D eigenvalue weighted by Gasteiger charge is 2.28. The summed E-state index contributed by atoms with van der Waals surface area (Å²) in [7, 11) is 0. The van der Waals surface area contributed by atoms with Crippen molar-refractivity contribution in [3.8, 4) is 5.75 Å². The summed E-state index contributed by atoms with van der Waals surface area (Å²) in [5, 5.41) is 2.94. The van der Waals surface area contributed by atoms with E-state index in [0.29, 0.717) is 31.7 Å². The van der Waals surface area contributed by atoms with Crippen LogP contribution in [0.25, 0.3) is 0 Å². The minimum atomic E-state index is -0.510. The number of rotatable bonds is 11. The van der Waals surface area contributed by atoms with E-state index < -0.39 is 6.04 Å². The lowest BCUT2D eigenvalue weighted by Gasteiger charge is -2.30. The van der Waals surface area contributed by atoms with Crippen LogP contribution < -0.4 is 10.1 Å². The van der Waals surface area contributed by atoms with E-state index in [9.17, 15) is 9.59 Å². The van der Waals surface area contributed by atoms with Crippen molar-refractivity contribution in [3.05, 3.63) is 65.7 Å². The van der Waals surface area contributed by atoms with E-state index in [1.165, 1.54) is 5.56 Å². The largest absolute Gasteiger partial charge is 0.484 e. The van der Waals surface area contributed by atoms with Gasteiger partial charge in [0.15, 0.2) is 6.61 Å². The Balaban J connectivity index is 2.10. The number of ether oxygens (including phenoxy) is 1. The van der Waals surface area contributed by atoms with Gasteiger partial charge in [-0.25, -0.2) is 0 Å². The standard InChI is InChI=1S/C27H38N2O3/c1-6-18-28-26(31)24(7-2)29(19-17-21-11-9-8-10-12-21)25(30)20-32-23-15-13-22(14-16-23)27(3,4)5/h8-16,24H,6-7,17-20H2,1-5H3,(H,28,31)/t24-/m1/s1. The molecule has 1 atom stereocenters. The molecule has 0 aromatic heterocycles. The van der Waals surface area contributed by atoms with Crippen LogP contribution in [0.2, 0.25) is 0 Å². The zero-order valence-electron chi connectivity index (χ0n) is 20.2. The fraction of sp³-hybridized carbons (Fsp3) is 0.481. The lowest BCUT2D eigenvalue weighted by molar-refractivity contribution is -0.142. The average Bonchev–Trinajstić information content (AvgIpc) is 2.79. The van der Waals surface area contributed by atoms with Gasteiger partial charge < -0.3 is 15.0 Å². The van der Waals surface area contributed by atoms with E-state index in [4.69, 9.17) is 4.74 Å². The van der Waals surface area contributed by atoms with Crippen LogP contribution in [-0.4, -0.2) is 42.5 Å². The van der Waals surface area contributed by atoms with Gasteiger partial charge in [0.2, 0.25) is 5.91 Å². The molecule has 2 aromatic carbocycles. The van der Waals surface area contributed by atoms with Crippen LogP contribution >= 0.6 is 0 Å². The molecule has 5 heteroatoms. The van der Waals surface area contributed by atoms with Crippen molar-refractivity contribution in [3.63, 3.8) is 0 Å². The fourth-order valence-corrected chi connectivity index (χ4v) is 3.54. The Bertz CT molecular complexity index is 841. The smallest absolute Gasteiger partial charge is 0.261 e. The highest BCUT2D eigenvalue weighted by molar-refractivity contribution is 5.88. The minimum Gasteiger partial charge on any atom is -0.484 e. The molecule has 0 heterocycles. The van der Waals surface area contributed by atoms with E-state index >= 15 is 0 Å². The number of benzene rings is 2. The summed E-state index contributed by atoms with van der Waals surface area (Å²) in [4.78, 5) is 27.6. The van der Waals surface area contributed by atoms with Gasteiger partial charge in [-0.15, -0.1) is 0 Å². The van der Waals surface area contributed by atoms with Gasteiger partial charge in [0, 0.05) is 13.1 Å². The predicted molar refractivity (Wildman–Crippen MR) is 130 cm³/mol. The summed E-state index contributed by atoms with van der Waals surface area (Å²) in [6, 6.07) is 17.3. The summed E-state index contributed by atoms with van der Waals surface area (Å²) in [5.74, 6) is 0.363. The van der Waals surface area contributed by atoms with Gasteiger partial charge in [0.05, 0.1) is 0 Å². The van der Waals surface area contributed by atoms with Gasteiger partial charge >= 0.3 is 0 Å². The molecule has 2 rings (SSSR count). The first kappa shape index (κ1) is 25.4. The number of hydrogen-bond acceptors (Lipinski definition) is 3. The average molecular weight is 439 g/mol. The summed E-state index contributed by atoms with van der Waals surface area (Å²) >= 11 is 0. The Morgan fingerprint density at radius 2 is 1.66 bits per heavy atom. The molecule has 5 nitrogen and oxygen atoms in total. The number of carbonyl (C=O) groups excluding carboxylic acids is 2. The minimum absolute atomic E-state index is 0.0583. The molecule has 0 unspecified atom stereocenters. The molecular formula is C27H38N2O3. The van der Waals surface area contributed by atoms with Crippen LogP contribution in [0.5, 0.6) is 5.75 Å². The van der Waals surface area contributed by atoms with E-state index in [2.05, 4.69) is 26.1 Å². The Morgan fingerprint density at radius 3 is 2.22 bits per heavy atom. The second-order valence-corrected chi connectivity index (χ2v) is 9.10. The fourth-order valence-electron chi connectivity index (χ4n) is 3.54. The molecule has 0 aliphatic heterocycles. The van der Waals surface area contributed by atoms with Crippen LogP contribution in [0, 0.1) is 0 Å². The Kier molecular flexibility index (Phi) is 9.76. The van der Waals surface area contributed by atoms with E-state index in [1.807, 2.05) is 68.4 Å². The second-order valence-electron chi connectivity index (χ2n) is 9.10. The quantitative estimate of drug-likeness (QED) is 0.551. The van der Waals surface area contributed by atoms with Gasteiger partial charge in [-0.1, -0.05) is 77.1 Å². The highest BCUT2D eigenvalue weighted by Crippen LogP contribution is 2.24. The molecule has 0 aliphatic carbocycles. The number of amides is 2. The Hall–Kier alpha value is -2.82. The first-order valence-electron chi connectivity index (χ1n) is 11.6. The van der Waals surface area contributed by atoms with Crippen molar-refractivity contribution < 1.29 is 14.3 Å². The third kappa shape index (κ3) is 7.70. The van der Waals surface area contributed by atoms with Crippen molar-refractivity contribution in [1.82, 2.24) is 10.2 Å². The van der Waals surface area contributed by atoms with E-state index in [1.54, 1.807) is 4.90 Å². The molecule has 0 spiro atoms. The van der Waals surface area contributed by atoms with Crippen molar-refractivity contribution in [2.45, 2.75) is 65.3 Å². The number of nitrogens with zero attached hydrogens (tertiary/aromatic N) is 1. The number of carbonyl (C=O) groups is 2. The first-order chi connectivity index (χ1) is 15.3. The van der Waals surface area contributed by atoms with Crippen molar-refractivity contribution in [2.75, 3.05) is 19.7 Å². The van der Waals surface area contributed by atoms with Gasteiger partial charge in [-0.3, -0.25) is 9.59 Å². The topological polar surface area (TPSA) is 58.6 Å². The zero-order chi connectivity index (χ0) is 23.6. The maximum atomic E-state index is 13.2.